The van der Waals surface area contributed by atoms with Gasteiger partial charge in [-0.3, -0.25) is 4.79 Å². The van der Waals surface area contributed by atoms with Gasteiger partial charge in [0.1, 0.15) is 5.75 Å². The van der Waals surface area contributed by atoms with Crippen LogP contribution in [0.15, 0.2) is 65.6 Å². The van der Waals surface area contributed by atoms with Crippen LogP contribution in [-0.2, 0) is 14.8 Å². The third-order valence-corrected chi connectivity index (χ3v) is 5.54. The second-order valence-corrected chi connectivity index (χ2v) is 8.35. The summed E-state index contributed by atoms with van der Waals surface area (Å²) in [6.07, 6.45) is 3.02. The first-order chi connectivity index (χ1) is 14.8. The van der Waals surface area contributed by atoms with Gasteiger partial charge in [-0.25, -0.2) is 23.1 Å². The standard InChI is InChI=1S/C22H22N4O4S/c1-15-14-16(2)24-22(23-15)26-31(28,29)19-11-9-18(10-12-19)25-21(27)13-8-17-6-4-5-7-20(17)30-3/h4-14H,1-3H3,(H,25,27)(H,23,24,26)/b13-8+. The van der Waals surface area contributed by atoms with Gasteiger partial charge in [0.25, 0.3) is 10.0 Å². The molecule has 1 amide bonds. The highest BCUT2D eigenvalue weighted by molar-refractivity contribution is 7.92. The van der Waals surface area contributed by atoms with Crippen molar-refractivity contribution < 1.29 is 17.9 Å². The third kappa shape index (κ3) is 5.89. The number of nitrogens with zero attached hydrogens (tertiary/aromatic N) is 2. The van der Waals surface area contributed by atoms with Crippen LogP contribution in [0, 0.1) is 13.8 Å². The van der Waals surface area contributed by atoms with E-state index in [1.807, 2.05) is 18.2 Å². The van der Waals surface area contributed by atoms with Crippen molar-refractivity contribution in [2.45, 2.75) is 18.7 Å². The summed E-state index contributed by atoms with van der Waals surface area (Å²) in [5.41, 5.74) is 2.53. The Morgan fingerprint density at radius 3 is 2.29 bits per heavy atom. The number of ether oxygens (including phenoxy) is 1. The van der Waals surface area contributed by atoms with E-state index in [1.54, 1.807) is 39.2 Å². The quantitative estimate of drug-likeness (QED) is 0.546. The molecule has 3 aromatic rings. The van der Waals surface area contributed by atoms with Crippen LogP contribution in [0.2, 0.25) is 0 Å². The molecule has 2 N–H and O–H groups in total. The van der Waals surface area contributed by atoms with Gasteiger partial charge >= 0.3 is 0 Å². The van der Waals surface area contributed by atoms with Crippen LogP contribution in [0.4, 0.5) is 11.6 Å². The number of carbonyl (C=O) groups excluding carboxylic acids is 1. The van der Waals surface area contributed by atoms with Gasteiger partial charge in [-0.05, 0) is 56.3 Å². The van der Waals surface area contributed by atoms with E-state index in [0.29, 0.717) is 22.8 Å². The van der Waals surface area contributed by atoms with E-state index in [9.17, 15) is 13.2 Å². The van der Waals surface area contributed by atoms with E-state index in [4.69, 9.17) is 4.74 Å². The van der Waals surface area contributed by atoms with Gasteiger partial charge in [-0.1, -0.05) is 18.2 Å². The van der Waals surface area contributed by atoms with Crippen LogP contribution in [0.3, 0.4) is 0 Å². The zero-order valence-electron chi connectivity index (χ0n) is 17.3. The van der Waals surface area contributed by atoms with E-state index in [-0.39, 0.29) is 16.8 Å². The number of aryl methyl sites for hydroxylation is 2. The van der Waals surface area contributed by atoms with Gasteiger partial charge in [0.05, 0.1) is 12.0 Å². The van der Waals surface area contributed by atoms with Crippen molar-refractivity contribution in [3.63, 3.8) is 0 Å². The molecule has 1 aromatic heterocycles. The minimum Gasteiger partial charge on any atom is -0.496 e. The number of rotatable bonds is 7. The van der Waals surface area contributed by atoms with Crippen molar-refractivity contribution in [3.8, 4) is 5.75 Å². The van der Waals surface area contributed by atoms with Gasteiger partial charge < -0.3 is 10.1 Å². The molecule has 9 heteroatoms. The Bertz CT molecular complexity index is 1200. The minimum atomic E-state index is -3.86. The average Bonchev–Trinajstić information content (AvgIpc) is 2.71. The Labute approximate surface area is 181 Å². The van der Waals surface area contributed by atoms with Crippen molar-refractivity contribution in [2.24, 2.45) is 0 Å². The van der Waals surface area contributed by atoms with Crippen molar-refractivity contribution in [2.75, 3.05) is 17.1 Å². The van der Waals surface area contributed by atoms with Crippen LogP contribution in [0.25, 0.3) is 6.08 Å². The number of hydrogen-bond acceptors (Lipinski definition) is 6. The second-order valence-electron chi connectivity index (χ2n) is 6.67. The first-order valence-corrected chi connectivity index (χ1v) is 10.8. The molecule has 0 unspecified atom stereocenters. The molecule has 0 aliphatic carbocycles. The lowest BCUT2D eigenvalue weighted by Crippen LogP contribution is -2.16. The Balaban J connectivity index is 1.68. The van der Waals surface area contributed by atoms with Crippen molar-refractivity contribution in [3.05, 3.63) is 77.6 Å². The number of anilines is 2. The van der Waals surface area contributed by atoms with Crippen LogP contribution in [0.1, 0.15) is 17.0 Å². The molecule has 0 radical (unpaired) electrons. The fourth-order valence-corrected chi connectivity index (χ4v) is 3.77. The summed E-state index contributed by atoms with van der Waals surface area (Å²) in [4.78, 5) is 20.4. The van der Waals surface area contributed by atoms with Gasteiger partial charge in [0, 0.05) is 28.7 Å². The highest BCUT2D eigenvalue weighted by atomic mass is 32.2. The molecule has 8 nitrogen and oxygen atoms in total. The summed E-state index contributed by atoms with van der Waals surface area (Å²) in [5, 5.41) is 2.69. The number of methoxy groups -OCH3 is 1. The number of carbonyl (C=O) groups is 1. The van der Waals surface area contributed by atoms with Crippen molar-refractivity contribution >= 4 is 33.6 Å². The molecule has 0 saturated carbocycles. The first kappa shape index (κ1) is 22.0. The van der Waals surface area contributed by atoms with E-state index in [1.165, 1.54) is 30.3 Å². The Kier molecular flexibility index (Phi) is 6.66. The lowest BCUT2D eigenvalue weighted by atomic mass is 10.2. The molecule has 2 aromatic carbocycles. The molecule has 0 bridgehead atoms. The topological polar surface area (TPSA) is 110 Å². The Morgan fingerprint density at radius 1 is 1.00 bits per heavy atom. The minimum absolute atomic E-state index is 0.0105. The lowest BCUT2D eigenvalue weighted by molar-refractivity contribution is -0.111. The molecular weight excluding hydrogens is 416 g/mol. The first-order valence-electron chi connectivity index (χ1n) is 9.34. The molecule has 160 valence electrons. The predicted molar refractivity (Wildman–Crippen MR) is 119 cm³/mol. The van der Waals surface area contributed by atoms with E-state index >= 15 is 0 Å². The third-order valence-electron chi connectivity index (χ3n) is 4.19. The fraction of sp³-hybridized carbons (Fsp3) is 0.136. The van der Waals surface area contributed by atoms with Gasteiger partial charge in [0.15, 0.2) is 0 Å². The number of nitrogens with one attached hydrogen (secondary N) is 2. The monoisotopic (exact) mass is 438 g/mol. The second kappa shape index (κ2) is 9.40. The maximum absolute atomic E-state index is 12.6. The molecular formula is C22H22N4O4S. The molecule has 0 aliphatic heterocycles. The van der Waals surface area contributed by atoms with E-state index < -0.39 is 10.0 Å². The molecule has 1 heterocycles. The number of aromatic nitrogens is 2. The van der Waals surface area contributed by atoms with E-state index in [0.717, 1.165) is 5.56 Å². The molecule has 0 fully saturated rings. The maximum Gasteiger partial charge on any atom is 0.264 e. The molecule has 0 atom stereocenters. The summed E-state index contributed by atoms with van der Waals surface area (Å²) in [6, 6.07) is 14.9. The Hall–Kier alpha value is -3.72. The normalized spacial score (nSPS) is 11.3. The number of sulfonamides is 1. The number of benzene rings is 2. The number of hydrogen-bond donors (Lipinski definition) is 2. The largest absolute Gasteiger partial charge is 0.496 e. The molecule has 31 heavy (non-hydrogen) atoms. The molecule has 0 saturated heterocycles. The number of amides is 1. The summed E-state index contributed by atoms with van der Waals surface area (Å²) in [7, 11) is -2.30. The molecule has 3 rings (SSSR count). The highest BCUT2D eigenvalue weighted by Crippen LogP contribution is 2.19. The van der Waals surface area contributed by atoms with Crippen LogP contribution in [0.5, 0.6) is 5.75 Å². The zero-order valence-corrected chi connectivity index (χ0v) is 18.1. The Morgan fingerprint density at radius 2 is 1.65 bits per heavy atom. The predicted octanol–water partition coefficient (Wildman–Crippen LogP) is 3.55. The van der Waals surface area contributed by atoms with Gasteiger partial charge in [-0.2, -0.15) is 0 Å². The smallest absolute Gasteiger partial charge is 0.264 e. The van der Waals surface area contributed by atoms with Gasteiger partial charge in [-0.15, -0.1) is 0 Å². The van der Waals surface area contributed by atoms with Crippen molar-refractivity contribution in [1.29, 1.82) is 0 Å². The van der Waals surface area contributed by atoms with Crippen LogP contribution >= 0.6 is 0 Å². The maximum atomic E-state index is 12.6. The fourth-order valence-electron chi connectivity index (χ4n) is 2.82. The highest BCUT2D eigenvalue weighted by Gasteiger charge is 2.16. The van der Waals surface area contributed by atoms with Crippen LogP contribution in [-0.4, -0.2) is 31.4 Å². The zero-order chi connectivity index (χ0) is 22.4. The average molecular weight is 439 g/mol. The van der Waals surface area contributed by atoms with E-state index in [2.05, 4.69) is 20.0 Å². The van der Waals surface area contributed by atoms with Crippen molar-refractivity contribution in [1.82, 2.24) is 9.97 Å². The lowest BCUT2D eigenvalue weighted by Gasteiger charge is -2.09. The summed E-state index contributed by atoms with van der Waals surface area (Å²) >= 11 is 0. The summed E-state index contributed by atoms with van der Waals surface area (Å²) < 4.78 is 32.8. The summed E-state index contributed by atoms with van der Waals surface area (Å²) in [5.74, 6) is 0.307. The molecule has 0 aliphatic rings. The van der Waals surface area contributed by atoms with Crippen LogP contribution < -0.4 is 14.8 Å². The van der Waals surface area contributed by atoms with Gasteiger partial charge in [0.2, 0.25) is 11.9 Å². The molecule has 0 spiro atoms. The summed E-state index contributed by atoms with van der Waals surface area (Å²) in [6.45, 7) is 3.51. The number of para-hydroxylation sites is 1. The SMILES string of the molecule is COc1ccccc1/C=C/C(=O)Nc1ccc(S(=O)(=O)Nc2nc(C)cc(C)n2)cc1.